The van der Waals surface area contributed by atoms with Crippen LogP contribution in [0.4, 0.5) is 0 Å². The predicted octanol–water partition coefficient (Wildman–Crippen LogP) is 2.19. The van der Waals surface area contributed by atoms with E-state index >= 15 is 0 Å². The molecule has 0 unspecified atom stereocenters. The number of rotatable bonds is 7. The van der Waals surface area contributed by atoms with Gasteiger partial charge in [0.15, 0.2) is 5.52 Å². The highest BCUT2D eigenvalue weighted by atomic mass is 79.9. The summed E-state index contributed by atoms with van der Waals surface area (Å²) in [6, 6.07) is 5.78. The van der Waals surface area contributed by atoms with E-state index in [0.717, 1.165) is 44.4 Å². The zero-order chi connectivity index (χ0) is 18.7. The quantitative estimate of drug-likeness (QED) is 0.347. The first-order valence-electron chi connectivity index (χ1n) is 8.49. The number of benzene rings is 1. The van der Waals surface area contributed by atoms with Crippen molar-refractivity contribution >= 4 is 43.8 Å². The van der Waals surface area contributed by atoms with Gasteiger partial charge < -0.3 is 14.6 Å². The zero-order valence-electron chi connectivity index (χ0n) is 14.8. The van der Waals surface area contributed by atoms with Crippen LogP contribution in [-0.2, 0) is 22.5 Å². The Labute approximate surface area is 159 Å². The lowest BCUT2D eigenvalue weighted by Crippen LogP contribution is -2.30. The maximum atomic E-state index is 11.5. The molecule has 0 amide bonds. The van der Waals surface area contributed by atoms with Crippen LogP contribution in [0.15, 0.2) is 28.9 Å². The maximum Gasteiger partial charge on any atom is 0.305 e. The molecule has 2 N–H and O–H groups in total. The molecule has 0 bridgehead atoms. The van der Waals surface area contributed by atoms with Gasteiger partial charge in [0.2, 0.25) is 0 Å². The number of fused-ring (bicyclic) bond motifs is 3. The van der Waals surface area contributed by atoms with Gasteiger partial charge in [0.25, 0.3) is 11.7 Å². The zero-order valence-corrected chi connectivity index (χ0v) is 16.4. The molecule has 8 heteroatoms. The van der Waals surface area contributed by atoms with Crippen LogP contribution in [0.2, 0.25) is 0 Å². The number of hydrogen-bond donors (Lipinski definition) is 2. The number of likely N-dealkylation sites (N-methyl/N-ethyl adjacent to an activating group) is 1. The van der Waals surface area contributed by atoms with Crippen LogP contribution >= 0.6 is 15.9 Å². The minimum Gasteiger partial charge on any atom is -0.469 e. The number of carbonyl (C=O) groups excluding carboxylic acids is 1. The average Bonchev–Trinajstić information content (AvgIpc) is 2.97. The number of carbonyl (C=O) groups is 1. The van der Waals surface area contributed by atoms with E-state index in [1.165, 1.54) is 7.11 Å². The number of halogens is 1. The Balaban J connectivity index is 2.11. The van der Waals surface area contributed by atoms with Crippen LogP contribution in [0.5, 0.6) is 0 Å². The molecule has 3 aromatic rings. The number of hydrogen-bond acceptors (Lipinski definition) is 5. The lowest BCUT2D eigenvalue weighted by molar-refractivity contribution is -0.883. The van der Waals surface area contributed by atoms with Crippen LogP contribution in [0, 0.1) is 0 Å². The van der Waals surface area contributed by atoms with Crippen molar-refractivity contribution in [3.63, 3.8) is 0 Å². The molecule has 0 aliphatic rings. The monoisotopic (exact) mass is 421 g/mol. The molecule has 2 aromatic heterocycles. The number of methoxy groups -OCH3 is 1. The number of ether oxygens (including phenoxy) is 1. The molecule has 0 saturated carbocycles. The average molecular weight is 422 g/mol. The van der Waals surface area contributed by atoms with Crippen molar-refractivity contribution in [2.24, 2.45) is 0 Å². The Hall–Kier alpha value is -2.19. The second-order valence-electron chi connectivity index (χ2n) is 6.08. The largest absolute Gasteiger partial charge is 0.469 e. The Morgan fingerprint density at radius 2 is 2.27 bits per heavy atom. The Kier molecular flexibility index (Phi) is 5.73. The number of nitrogens with one attached hydrogen (secondary N) is 1. The van der Waals surface area contributed by atoms with Gasteiger partial charge >= 0.3 is 5.97 Å². The molecule has 26 heavy (non-hydrogen) atoms. The van der Waals surface area contributed by atoms with Crippen molar-refractivity contribution in [2.75, 3.05) is 20.7 Å². The van der Waals surface area contributed by atoms with E-state index in [-0.39, 0.29) is 5.97 Å². The first-order valence-corrected chi connectivity index (χ1v) is 9.28. The summed E-state index contributed by atoms with van der Waals surface area (Å²) >= 11 is 3.45. The summed E-state index contributed by atoms with van der Waals surface area (Å²) in [5, 5.41) is 14.4. The van der Waals surface area contributed by atoms with Crippen molar-refractivity contribution in [1.29, 1.82) is 0 Å². The third kappa shape index (κ3) is 3.66. The van der Waals surface area contributed by atoms with Crippen molar-refractivity contribution in [3.8, 4) is 0 Å². The second kappa shape index (κ2) is 8.01. The van der Waals surface area contributed by atoms with E-state index in [0.29, 0.717) is 24.9 Å². The highest BCUT2D eigenvalue weighted by Gasteiger charge is 2.21. The standard InChI is InChI=1S/C18H22BrN4O3/c1-20-8-7-16-21-14-11-23(25)15-10-12(19)5-6-13(15)18(14)22(16)9-3-4-17(24)26-2/h5-6,10-11,20,25H,3-4,7-9H2,1-2H3/q+1. The molecular weight excluding hydrogens is 400 g/mol. The number of aromatic nitrogens is 3. The third-order valence-corrected chi connectivity index (χ3v) is 4.86. The molecule has 3 rings (SSSR count). The van der Waals surface area contributed by atoms with Crippen LogP contribution in [0.25, 0.3) is 21.9 Å². The predicted molar refractivity (Wildman–Crippen MR) is 101 cm³/mol. The molecule has 0 spiro atoms. The van der Waals surface area contributed by atoms with Crippen molar-refractivity contribution in [3.05, 3.63) is 34.7 Å². The Morgan fingerprint density at radius 1 is 1.46 bits per heavy atom. The van der Waals surface area contributed by atoms with Crippen LogP contribution in [0.1, 0.15) is 18.7 Å². The van der Waals surface area contributed by atoms with E-state index in [1.807, 2.05) is 25.2 Å². The highest BCUT2D eigenvalue weighted by molar-refractivity contribution is 9.10. The van der Waals surface area contributed by atoms with Gasteiger partial charge in [-0.05, 0) is 25.6 Å². The lowest BCUT2D eigenvalue weighted by atomic mass is 10.2. The normalized spacial score (nSPS) is 11.3. The second-order valence-corrected chi connectivity index (χ2v) is 7.00. The van der Waals surface area contributed by atoms with Gasteiger partial charge in [0.1, 0.15) is 5.82 Å². The maximum absolute atomic E-state index is 11.5. The summed E-state index contributed by atoms with van der Waals surface area (Å²) in [5.41, 5.74) is 2.39. The molecule has 0 radical (unpaired) electrons. The topological polar surface area (TPSA) is 80.3 Å². The number of pyridine rings is 1. The summed E-state index contributed by atoms with van der Waals surface area (Å²) < 4.78 is 8.88. The van der Waals surface area contributed by atoms with Gasteiger partial charge in [-0.3, -0.25) is 10.0 Å². The number of imidazole rings is 1. The first-order chi connectivity index (χ1) is 12.5. The molecule has 0 aliphatic heterocycles. The number of aryl methyl sites for hydroxylation is 1. The van der Waals surface area contributed by atoms with Crippen LogP contribution in [0.3, 0.4) is 0 Å². The summed E-state index contributed by atoms with van der Waals surface area (Å²) in [7, 11) is 3.30. The summed E-state index contributed by atoms with van der Waals surface area (Å²) in [5.74, 6) is 0.711. The van der Waals surface area contributed by atoms with Gasteiger partial charge in [0.05, 0.1) is 18.0 Å². The van der Waals surface area contributed by atoms with Crippen molar-refractivity contribution in [1.82, 2.24) is 14.9 Å². The molecule has 0 saturated heterocycles. The summed E-state index contributed by atoms with van der Waals surface area (Å²) in [4.78, 5) is 16.2. The van der Waals surface area contributed by atoms with Crippen LogP contribution in [-0.4, -0.2) is 41.4 Å². The Morgan fingerprint density at radius 3 is 3.00 bits per heavy atom. The van der Waals surface area contributed by atoms with Gasteiger partial charge in [0, 0.05) is 41.2 Å². The van der Waals surface area contributed by atoms with Gasteiger partial charge in [-0.15, -0.1) is 0 Å². The van der Waals surface area contributed by atoms with Gasteiger partial charge in [-0.1, -0.05) is 15.9 Å². The molecule has 2 heterocycles. The first kappa shape index (κ1) is 18.6. The molecule has 1 aromatic carbocycles. The van der Waals surface area contributed by atoms with Gasteiger partial charge in [-0.25, -0.2) is 4.98 Å². The molecule has 0 atom stereocenters. The summed E-state index contributed by atoms with van der Waals surface area (Å²) in [6.45, 7) is 1.45. The fraction of sp³-hybridized carbons (Fsp3) is 0.389. The third-order valence-electron chi connectivity index (χ3n) is 4.37. The SMILES string of the molecule is CNCCc1nc2c[n+](O)c3cc(Br)ccc3c2n1CCCC(=O)OC. The molecule has 0 fully saturated rings. The van der Waals surface area contributed by atoms with E-state index in [2.05, 4.69) is 25.8 Å². The highest BCUT2D eigenvalue weighted by Crippen LogP contribution is 2.26. The number of nitrogens with zero attached hydrogens (tertiary/aromatic N) is 3. The van der Waals surface area contributed by atoms with E-state index < -0.39 is 0 Å². The smallest absolute Gasteiger partial charge is 0.305 e. The van der Waals surface area contributed by atoms with E-state index in [1.54, 1.807) is 6.20 Å². The molecular formula is C18H22BrN4O3+. The molecule has 138 valence electrons. The van der Waals surface area contributed by atoms with Gasteiger partial charge in [-0.2, -0.15) is 0 Å². The minimum atomic E-state index is -0.215. The fourth-order valence-electron chi connectivity index (χ4n) is 3.13. The number of esters is 1. The minimum absolute atomic E-state index is 0.215. The van der Waals surface area contributed by atoms with E-state index in [9.17, 15) is 10.0 Å². The van der Waals surface area contributed by atoms with Crippen molar-refractivity contribution in [2.45, 2.75) is 25.8 Å². The van der Waals surface area contributed by atoms with Crippen LogP contribution < -0.4 is 10.0 Å². The lowest BCUT2D eigenvalue weighted by Gasteiger charge is -2.09. The summed E-state index contributed by atoms with van der Waals surface area (Å²) in [6.07, 6.45) is 3.41. The fourth-order valence-corrected chi connectivity index (χ4v) is 3.47. The van der Waals surface area contributed by atoms with Crippen molar-refractivity contribution < 1.29 is 19.5 Å². The Bertz CT molecular complexity index is 955. The van der Waals surface area contributed by atoms with E-state index in [4.69, 9.17) is 9.72 Å². The molecule has 0 aliphatic carbocycles. The molecule has 7 nitrogen and oxygen atoms in total.